The highest BCUT2D eigenvalue weighted by Gasteiger charge is 2.59. The molecule has 1 aliphatic carbocycles. The smallest absolute Gasteiger partial charge is 0.191 e. The van der Waals surface area contributed by atoms with Gasteiger partial charge in [-0.2, -0.15) is 0 Å². The molecule has 0 bridgehead atoms. The molecule has 3 fully saturated rings. The maximum atomic E-state index is 5.86. The first kappa shape index (κ1) is 15.1. The molecule has 2 heterocycles. The molecule has 0 radical (unpaired) electrons. The van der Waals surface area contributed by atoms with E-state index >= 15 is 0 Å². The Morgan fingerprint density at radius 1 is 1.24 bits per heavy atom. The topological polar surface area (TPSA) is 54.9 Å². The van der Waals surface area contributed by atoms with Gasteiger partial charge in [-0.25, -0.2) is 0 Å². The number of nitrogens with zero attached hydrogens (tertiary/aromatic N) is 1. The van der Waals surface area contributed by atoms with Gasteiger partial charge < -0.3 is 20.1 Å². The largest absolute Gasteiger partial charge is 0.377 e. The van der Waals surface area contributed by atoms with Gasteiger partial charge in [-0.3, -0.25) is 4.99 Å². The molecule has 0 aromatic carbocycles. The van der Waals surface area contributed by atoms with Gasteiger partial charge in [0.1, 0.15) is 0 Å². The summed E-state index contributed by atoms with van der Waals surface area (Å²) < 4.78 is 11.5. The number of nitrogens with one attached hydrogen (secondary N) is 2. The molecule has 2 saturated heterocycles. The molecule has 0 aromatic rings. The van der Waals surface area contributed by atoms with E-state index in [4.69, 9.17) is 14.5 Å². The summed E-state index contributed by atoms with van der Waals surface area (Å²) in [6.45, 7) is 10.1. The van der Waals surface area contributed by atoms with Gasteiger partial charge in [0.15, 0.2) is 5.96 Å². The Morgan fingerprint density at radius 2 is 2.10 bits per heavy atom. The van der Waals surface area contributed by atoms with Crippen LogP contribution in [0.15, 0.2) is 4.99 Å². The van der Waals surface area contributed by atoms with Gasteiger partial charge in [0, 0.05) is 37.1 Å². The summed E-state index contributed by atoms with van der Waals surface area (Å²) in [5.41, 5.74) is 0.182. The maximum absolute atomic E-state index is 5.86. The minimum Gasteiger partial charge on any atom is -0.377 e. The summed E-state index contributed by atoms with van der Waals surface area (Å²) in [6.07, 6.45) is 4.18. The van der Waals surface area contributed by atoms with Crippen molar-refractivity contribution < 1.29 is 9.47 Å². The summed E-state index contributed by atoms with van der Waals surface area (Å²) >= 11 is 0. The second kappa shape index (κ2) is 6.13. The van der Waals surface area contributed by atoms with E-state index < -0.39 is 0 Å². The molecule has 3 rings (SSSR count). The third kappa shape index (κ3) is 2.90. The monoisotopic (exact) mass is 295 g/mol. The van der Waals surface area contributed by atoms with E-state index in [2.05, 4.69) is 31.4 Å². The van der Waals surface area contributed by atoms with Crippen LogP contribution in [-0.4, -0.2) is 50.5 Å². The lowest BCUT2D eigenvalue weighted by Gasteiger charge is -2.54. The van der Waals surface area contributed by atoms with Crippen molar-refractivity contribution in [2.45, 2.75) is 58.3 Å². The van der Waals surface area contributed by atoms with Gasteiger partial charge in [0.2, 0.25) is 0 Å². The normalized spacial score (nSPS) is 38.0. The van der Waals surface area contributed by atoms with Crippen LogP contribution >= 0.6 is 0 Å². The van der Waals surface area contributed by atoms with E-state index in [0.29, 0.717) is 24.2 Å². The zero-order valence-corrected chi connectivity index (χ0v) is 13.5. The first-order valence-corrected chi connectivity index (χ1v) is 8.41. The molecule has 5 heteroatoms. The predicted octanol–water partition coefficient (Wildman–Crippen LogP) is 1.53. The van der Waals surface area contributed by atoms with Crippen molar-refractivity contribution in [2.24, 2.45) is 16.3 Å². The molecule has 5 nitrogen and oxygen atoms in total. The van der Waals surface area contributed by atoms with E-state index in [9.17, 15) is 0 Å². The molecule has 120 valence electrons. The molecule has 4 unspecified atom stereocenters. The molecule has 2 aliphatic heterocycles. The van der Waals surface area contributed by atoms with Gasteiger partial charge in [0.05, 0.1) is 18.8 Å². The van der Waals surface area contributed by atoms with Crippen molar-refractivity contribution in [1.29, 1.82) is 0 Å². The average Bonchev–Trinajstić information content (AvgIpc) is 3.11. The Morgan fingerprint density at radius 3 is 2.81 bits per heavy atom. The lowest BCUT2D eigenvalue weighted by molar-refractivity contribution is -0.106. The van der Waals surface area contributed by atoms with E-state index in [1.807, 2.05) is 0 Å². The third-order valence-corrected chi connectivity index (χ3v) is 5.21. The summed E-state index contributed by atoms with van der Waals surface area (Å²) in [5.74, 6) is 1.56. The first-order valence-electron chi connectivity index (χ1n) is 8.41. The highest BCUT2D eigenvalue weighted by Crippen LogP contribution is 2.52. The lowest BCUT2D eigenvalue weighted by Crippen LogP contribution is -2.68. The molecular weight excluding hydrogens is 266 g/mol. The Hall–Kier alpha value is -0.810. The fraction of sp³-hybridized carbons (Fsp3) is 0.938. The fourth-order valence-corrected chi connectivity index (χ4v) is 4.07. The van der Waals surface area contributed by atoms with Gasteiger partial charge >= 0.3 is 0 Å². The SMILES string of the molecule is CCNC(=NCC1CCCO1)NC1C2CCOC2C1(C)C. The van der Waals surface area contributed by atoms with Crippen molar-refractivity contribution in [1.82, 2.24) is 10.6 Å². The minimum atomic E-state index is 0.182. The van der Waals surface area contributed by atoms with Crippen molar-refractivity contribution in [3.63, 3.8) is 0 Å². The lowest BCUT2D eigenvalue weighted by atomic mass is 9.57. The second-order valence-corrected chi connectivity index (χ2v) is 7.04. The van der Waals surface area contributed by atoms with E-state index in [1.54, 1.807) is 0 Å². The Bertz CT molecular complexity index is 391. The van der Waals surface area contributed by atoms with E-state index in [-0.39, 0.29) is 5.41 Å². The molecule has 0 spiro atoms. The average molecular weight is 295 g/mol. The molecule has 3 aliphatic rings. The summed E-state index contributed by atoms with van der Waals surface area (Å²) in [7, 11) is 0. The highest BCUT2D eigenvalue weighted by atomic mass is 16.5. The molecule has 2 N–H and O–H groups in total. The highest BCUT2D eigenvalue weighted by molar-refractivity contribution is 5.80. The summed E-state index contributed by atoms with van der Waals surface area (Å²) in [6, 6.07) is 0.451. The fourth-order valence-electron chi connectivity index (χ4n) is 4.07. The number of guanidine groups is 1. The Balaban J connectivity index is 1.60. The minimum absolute atomic E-state index is 0.182. The van der Waals surface area contributed by atoms with Crippen LogP contribution in [0.5, 0.6) is 0 Å². The van der Waals surface area contributed by atoms with Crippen LogP contribution < -0.4 is 10.6 Å². The standard InChI is InChI=1S/C16H29N3O2/c1-4-17-15(18-10-11-6-5-8-20-11)19-13-12-7-9-21-14(12)16(13,2)3/h11-14H,4-10H2,1-3H3,(H2,17,18,19). The number of hydrogen-bond donors (Lipinski definition) is 2. The van der Waals surface area contributed by atoms with Crippen LogP contribution in [0.1, 0.15) is 40.0 Å². The van der Waals surface area contributed by atoms with E-state index in [1.165, 1.54) is 6.42 Å². The maximum Gasteiger partial charge on any atom is 0.191 e. The number of ether oxygens (including phenoxy) is 2. The molecule has 4 atom stereocenters. The van der Waals surface area contributed by atoms with Crippen LogP contribution in [0.25, 0.3) is 0 Å². The predicted molar refractivity (Wildman–Crippen MR) is 83.5 cm³/mol. The van der Waals surface area contributed by atoms with Crippen LogP contribution in [0.4, 0.5) is 0 Å². The second-order valence-electron chi connectivity index (χ2n) is 7.04. The van der Waals surface area contributed by atoms with Crippen LogP contribution in [0, 0.1) is 11.3 Å². The zero-order chi connectivity index (χ0) is 14.9. The number of aliphatic imine (C=N–C) groups is 1. The molecule has 0 aromatic heterocycles. The van der Waals surface area contributed by atoms with Crippen molar-refractivity contribution >= 4 is 5.96 Å². The van der Waals surface area contributed by atoms with Gasteiger partial charge in [-0.05, 0) is 26.2 Å². The van der Waals surface area contributed by atoms with Gasteiger partial charge in [0.25, 0.3) is 0 Å². The van der Waals surface area contributed by atoms with E-state index in [0.717, 1.165) is 45.1 Å². The molecule has 21 heavy (non-hydrogen) atoms. The Kier molecular flexibility index (Phi) is 4.41. The molecule has 0 amide bonds. The molecular formula is C16H29N3O2. The third-order valence-electron chi connectivity index (χ3n) is 5.21. The van der Waals surface area contributed by atoms with Crippen molar-refractivity contribution in [3.8, 4) is 0 Å². The number of hydrogen-bond acceptors (Lipinski definition) is 3. The summed E-state index contributed by atoms with van der Waals surface area (Å²) in [5, 5.41) is 7.01. The van der Waals surface area contributed by atoms with Crippen LogP contribution in [-0.2, 0) is 9.47 Å². The quantitative estimate of drug-likeness (QED) is 0.610. The van der Waals surface area contributed by atoms with Gasteiger partial charge in [-0.15, -0.1) is 0 Å². The van der Waals surface area contributed by atoms with Crippen molar-refractivity contribution in [3.05, 3.63) is 0 Å². The number of fused-ring (bicyclic) bond motifs is 1. The Labute approximate surface area is 127 Å². The zero-order valence-electron chi connectivity index (χ0n) is 13.5. The van der Waals surface area contributed by atoms with Crippen LogP contribution in [0.2, 0.25) is 0 Å². The molecule has 1 saturated carbocycles. The van der Waals surface area contributed by atoms with Gasteiger partial charge in [-0.1, -0.05) is 13.8 Å². The van der Waals surface area contributed by atoms with Crippen molar-refractivity contribution in [2.75, 3.05) is 26.3 Å². The van der Waals surface area contributed by atoms with Crippen LogP contribution in [0.3, 0.4) is 0 Å². The number of rotatable bonds is 4. The summed E-state index contributed by atoms with van der Waals surface area (Å²) in [4.78, 5) is 4.73. The first-order chi connectivity index (χ1) is 10.1.